The van der Waals surface area contributed by atoms with E-state index in [0.717, 1.165) is 27.9 Å². The van der Waals surface area contributed by atoms with Gasteiger partial charge in [-0.25, -0.2) is 4.98 Å². The Balaban J connectivity index is 1.79. The predicted molar refractivity (Wildman–Crippen MR) is 91.2 cm³/mol. The van der Waals surface area contributed by atoms with Gasteiger partial charge in [0.25, 0.3) is 0 Å². The van der Waals surface area contributed by atoms with Crippen LogP contribution in [-0.2, 0) is 6.42 Å². The Morgan fingerprint density at radius 1 is 1.23 bits per heavy atom. The van der Waals surface area contributed by atoms with Crippen LogP contribution in [0.1, 0.15) is 40.8 Å². The van der Waals surface area contributed by atoms with Crippen molar-refractivity contribution in [2.45, 2.75) is 31.8 Å². The zero-order valence-corrected chi connectivity index (χ0v) is 13.2. The van der Waals surface area contributed by atoms with Crippen molar-refractivity contribution < 1.29 is 5.11 Å². The average Bonchev–Trinajstić information content (AvgIpc) is 2.96. The molecule has 0 spiro atoms. The lowest BCUT2D eigenvalue weighted by molar-refractivity contribution is 0.147. The van der Waals surface area contributed by atoms with Crippen LogP contribution >= 0.6 is 11.3 Å². The van der Waals surface area contributed by atoms with Gasteiger partial charge in [-0.2, -0.15) is 0 Å². The third-order valence-corrected chi connectivity index (χ3v) is 5.41. The van der Waals surface area contributed by atoms with Crippen molar-refractivity contribution in [2.24, 2.45) is 0 Å². The van der Waals surface area contributed by atoms with E-state index in [0.29, 0.717) is 18.0 Å². The summed E-state index contributed by atoms with van der Waals surface area (Å²) >= 11 is 1.60. The summed E-state index contributed by atoms with van der Waals surface area (Å²) in [6.45, 7) is 2.09. The largest absolute Gasteiger partial charge is 0.398 e. The number of thiophene rings is 1. The molecule has 0 amide bonds. The fourth-order valence-corrected chi connectivity index (χ4v) is 4.20. The molecule has 4 rings (SSSR count). The number of hydrogen-bond donors (Lipinski definition) is 2. The lowest BCUT2D eigenvalue weighted by Gasteiger charge is -2.29. The van der Waals surface area contributed by atoms with Crippen molar-refractivity contribution in [2.75, 3.05) is 5.73 Å². The van der Waals surface area contributed by atoms with Gasteiger partial charge in [-0.05, 0) is 42.7 Å². The van der Waals surface area contributed by atoms with Crippen molar-refractivity contribution in [3.05, 3.63) is 58.1 Å². The molecule has 2 heterocycles. The second-order valence-corrected chi connectivity index (χ2v) is 6.98. The van der Waals surface area contributed by atoms with Gasteiger partial charge in [-0.1, -0.05) is 29.8 Å². The Hall–Kier alpha value is -1.91. The maximum Gasteiger partial charge on any atom is 0.125 e. The highest BCUT2D eigenvalue weighted by molar-refractivity contribution is 7.16. The molecule has 2 atom stereocenters. The topological polar surface area (TPSA) is 59.1 Å². The fourth-order valence-electron chi connectivity index (χ4n) is 3.40. The Kier molecular flexibility index (Phi) is 3.17. The van der Waals surface area contributed by atoms with Crippen molar-refractivity contribution in [3.63, 3.8) is 0 Å². The van der Waals surface area contributed by atoms with Gasteiger partial charge in [-0.3, -0.25) is 0 Å². The van der Waals surface area contributed by atoms with E-state index in [1.54, 1.807) is 11.3 Å². The Bertz CT molecular complexity index is 838. The molecule has 0 radical (unpaired) electrons. The molecule has 22 heavy (non-hydrogen) atoms. The van der Waals surface area contributed by atoms with Gasteiger partial charge in [0, 0.05) is 16.6 Å². The van der Waals surface area contributed by atoms with E-state index in [2.05, 4.69) is 31.2 Å². The SMILES string of the molecule is Cc1ccc([C@H]2Cc3nc4sccc4c(N)c3[C@@H](O)C2)cc1. The molecule has 1 aliphatic carbocycles. The quantitative estimate of drug-likeness (QED) is 0.715. The van der Waals surface area contributed by atoms with Gasteiger partial charge in [-0.15, -0.1) is 11.3 Å². The van der Waals surface area contributed by atoms with Crippen LogP contribution in [0.5, 0.6) is 0 Å². The fraction of sp³-hybridized carbons (Fsp3) is 0.278. The Morgan fingerprint density at radius 3 is 2.77 bits per heavy atom. The summed E-state index contributed by atoms with van der Waals surface area (Å²) in [7, 11) is 0. The number of pyridine rings is 1. The molecule has 1 aliphatic rings. The van der Waals surface area contributed by atoms with E-state index in [9.17, 15) is 5.11 Å². The van der Waals surface area contributed by atoms with Crippen LogP contribution in [0.15, 0.2) is 35.7 Å². The summed E-state index contributed by atoms with van der Waals surface area (Å²) in [6.07, 6.45) is 1.01. The predicted octanol–water partition coefficient (Wildman–Crippen LogP) is 3.95. The molecule has 1 aromatic carbocycles. The highest BCUT2D eigenvalue weighted by Gasteiger charge is 2.30. The first kappa shape index (κ1) is 13.7. The molecule has 3 aromatic rings. The van der Waals surface area contributed by atoms with Crippen LogP contribution in [0.3, 0.4) is 0 Å². The molecule has 0 fully saturated rings. The number of benzene rings is 1. The first-order chi connectivity index (χ1) is 10.6. The lowest BCUT2D eigenvalue weighted by Crippen LogP contribution is -2.20. The first-order valence-electron chi connectivity index (χ1n) is 7.53. The number of hydrogen-bond acceptors (Lipinski definition) is 4. The van der Waals surface area contributed by atoms with Gasteiger partial charge in [0.1, 0.15) is 4.83 Å². The number of anilines is 1. The first-order valence-corrected chi connectivity index (χ1v) is 8.41. The van der Waals surface area contributed by atoms with E-state index >= 15 is 0 Å². The van der Waals surface area contributed by atoms with Crippen LogP contribution < -0.4 is 5.73 Å². The normalized spacial score (nSPS) is 21.0. The standard InChI is InChI=1S/C18H18N2OS/c1-10-2-4-11(5-3-10)12-8-14-16(15(21)9-12)17(19)13-6-7-22-18(13)20-14/h2-7,12,15,21H,8-9H2,1H3,(H2,19,20)/t12-,15-/m0/s1. The summed E-state index contributed by atoms with van der Waals surface area (Å²) in [5.41, 5.74) is 11.3. The van der Waals surface area contributed by atoms with E-state index < -0.39 is 6.10 Å². The maximum atomic E-state index is 10.6. The average molecular weight is 310 g/mol. The summed E-state index contributed by atoms with van der Waals surface area (Å²) in [4.78, 5) is 5.72. The maximum absolute atomic E-state index is 10.6. The molecule has 4 heteroatoms. The minimum atomic E-state index is -0.535. The van der Waals surface area contributed by atoms with Crippen LogP contribution in [0.2, 0.25) is 0 Å². The molecule has 3 N–H and O–H groups in total. The van der Waals surface area contributed by atoms with Gasteiger partial charge < -0.3 is 10.8 Å². The van der Waals surface area contributed by atoms with E-state index in [4.69, 9.17) is 10.7 Å². The number of rotatable bonds is 1. The lowest BCUT2D eigenvalue weighted by atomic mass is 9.80. The molecular formula is C18H18N2OS. The van der Waals surface area contributed by atoms with Crippen LogP contribution in [0.25, 0.3) is 10.2 Å². The Labute approximate surface area is 133 Å². The molecule has 0 bridgehead atoms. The summed E-state index contributed by atoms with van der Waals surface area (Å²) in [5, 5.41) is 13.6. The molecule has 0 unspecified atom stereocenters. The highest BCUT2D eigenvalue weighted by Crippen LogP contribution is 2.43. The van der Waals surface area contributed by atoms with Crippen LogP contribution in [0, 0.1) is 6.92 Å². The molecular weight excluding hydrogens is 292 g/mol. The molecule has 0 saturated carbocycles. The van der Waals surface area contributed by atoms with Gasteiger partial charge in [0.15, 0.2) is 0 Å². The minimum absolute atomic E-state index is 0.299. The van der Waals surface area contributed by atoms with Crippen molar-refractivity contribution in [3.8, 4) is 0 Å². The zero-order valence-electron chi connectivity index (χ0n) is 12.4. The monoisotopic (exact) mass is 310 g/mol. The van der Waals surface area contributed by atoms with E-state index in [1.807, 2.05) is 11.4 Å². The Morgan fingerprint density at radius 2 is 2.00 bits per heavy atom. The number of nitrogens with zero attached hydrogens (tertiary/aromatic N) is 1. The molecule has 112 valence electrons. The molecule has 0 aliphatic heterocycles. The second kappa shape index (κ2) is 5.07. The number of aliphatic hydroxyl groups excluding tert-OH is 1. The number of aliphatic hydroxyl groups is 1. The van der Waals surface area contributed by atoms with Gasteiger partial charge in [0.05, 0.1) is 11.8 Å². The molecule has 2 aromatic heterocycles. The van der Waals surface area contributed by atoms with Crippen molar-refractivity contribution >= 4 is 27.2 Å². The number of aromatic nitrogens is 1. The summed E-state index contributed by atoms with van der Waals surface area (Å²) in [5.74, 6) is 0.299. The number of nitrogen functional groups attached to an aromatic ring is 1. The van der Waals surface area contributed by atoms with Crippen molar-refractivity contribution in [1.29, 1.82) is 0 Å². The molecule has 3 nitrogen and oxygen atoms in total. The highest BCUT2D eigenvalue weighted by atomic mass is 32.1. The zero-order chi connectivity index (χ0) is 15.3. The summed E-state index contributed by atoms with van der Waals surface area (Å²) in [6, 6.07) is 10.6. The summed E-state index contributed by atoms with van der Waals surface area (Å²) < 4.78 is 0. The smallest absolute Gasteiger partial charge is 0.125 e. The second-order valence-electron chi connectivity index (χ2n) is 6.09. The number of nitrogens with two attached hydrogens (primary N) is 1. The number of aryl methyl sites for hydroxylation is 1. The number of fused-ring (bicyclic) bond motifs is 2. The molecule has 0 saturated heterocycles. The van der Waals surface area contributed by atoms with Crippen LogP contribution in [-0.4, -0.2) is 10.1 Å². The van der Waals surface area contributed by atoms with Crippen molar-refractivity contribution in [1.82, 2.24) is 4.98 Å². The third kappa shape index (κ3) is 2.11. The van der Waals surface area contributed by atoms with Gasteiger partial charge >= 0.3 is 0 Å². The van der Waals surface area contributed by atoms with Crippen LogP contribution in [0.4, 0.5) is 5.69 Å². The minimum Gasteiger partial charge on any atom is -0.398 e. The van der Waals surface area contributed by atoms with E-state index in [-0.39, 0.29) is 0 Å². The van der Waals surface area contributed by atoms with E-state index in [1.165, 1.54) is 11.1 Å². The van der Waals surface area contributed by atoms with Gasteiger partial charge in [0.2, 0.25) is 0 Å². The third-order valence-electron chi connectivity index (χ3n) is 4.60.